The number of piperidine rings is 2. The normalized spacial score (nSPS) is 39.7. The Labute approximate surface area is 164 Å². The molecule has 4 bridgehead atoms. The molecule has 3 heteroatoms. The first-order valence-corrected chi connectivity index (χ1v) is 11.6. The molecular formula is C24H37N3. The number of rotatable bonds is 2. The van der Waals surface area contributed by atoms with E-state index in [0.29, 0.717) is 5.92 Å². The van der Waals surface area contributed by atoms with Crippen molar-refractivity contribution >= 4 is 11.4 Å². The van der Waals surface area contributed by atoms with E-state index >= 15 is 0 Å². The van der Waals surface area contributed by atoms with Crippen molar-refractivity contribution in [1.82, 2.24) is 4.90 Å². The summed E-state index contributed by atoms with van der Waals surface area (Å²) in [6, 6.07) is 8.67. The fraction of sp³-hybridized carbons (Fsp3) is 0.750. The molecule has 6 atom stereocenters. The molecule has 1 aromatic carbocycles. The van der Waals surface area contributed by atoms with Crippen LogP contribution in [0, 0.1) is 11.8 Å². The molecule has 0 radical (unpaired) electrons. The quantitative estimate of drug-likeness (QED) is 0.696. The highest BCUT2D eigenvalue weighted by Crippen LogP contribution is 2.48. The Bertz CT molecular complexity index is 644. The van der Waals surface area contributed by atoms with E-state index in [-0.39, 0.29) is 0 Å². The van der Waals surface area contributed by atoms with Gasteiger partial charge in [0.25, 0.3) is 0 Å². The third-order valence-corrected chi connectivity index (χ3v) is 8.42. The van der Waals surface area contributed by atoms with Crippen LogP contribution in [-0.2, 0) is 0 Å². The van der Waals surface area contributed by atoms with Gasteiger partial charge in [0.15, 0.2) is 0 Å². The molecule has 2 saturated carbocycles. The van der Waals surface area contributed by atoms with Gasteiger partial charge in [0, 0.05) is 18.1 Å². The minimum atomic E-state index is 0.603. The van der Waals surface area contributed by atoms with Crippen LogP contribution in [0.15, 0.2) is 18.2 Å². The van der Waals surface area contributed by atoms with E-state index < -0.39 is 0 Å². The highest BCUT2D eigenvalue weighted by molar-refractivity contribution is 5.68. The van der Waals surface area contributed by atoms with Gasteiger partial charge in [0.2, 0.25) is 0 Å². The van der Waals surface area contributed by atoms with Crippen LogP contribution in [0.3, 0.4) is 0 Å². The first-order chi connectivity index (χ1) is 13.2. The summed E-state index contributed by atoms with van der Waals surface area (Å²) in [5, 5.41) is 0. The molecule has 27 heavy (non-hydrogen) atoms. The molecule has 0 unspecified atom stereocenters. The third-order valence-electron chi connectivity index (χ3n) is 8.42. The summed E-state index contributed by atoms with van der Waals surface area (Å²) >= 11 is 0. The smallest absolute Gasteiger partial charge is 0.0583 e. The van der Waals surface area contributed by atoms with Crippen LogP contribution in [-0.4, -0.2) is 23.0 Å². The maximum atomic E-state index is 6.38. The summed E-state index contributed by atoms with van der Waals surface area (Å²) < 4.78 is 0. The molecule has 0 aromatic heterocycles. The van der Waals surface area contributed by atoms with Gasteiger partial charge in [-0.25, -0.2) is 0 Å². The lowest BCUT2D eigenvalue weighted by atomic mass is 9.71. The van der Waals surface area contributed by atoms with E-state index in [1.54, 1.807) is 0 Å². The molecule has 0 spiro atoms. The van der Waals surface area contributed by atoms with Crippen molar-refractivity contribution in [2.45, 2.75) is 101 Å². The predicted octanol–water partition coefficient (Wildman–Crippen LogP) is 5.31. The molecule has 0 amide bonds. The summed E-state index contributed by atoms with van der Waals surface area (Å²) in [5.74, 6) is 2.63. The number of nitrogens with two attached hydrogens (primary N) is 2. The Kier molecular flexibility index (Phi) is 4.83. The molecular weight excluding hydrogens is 330 g/mol. The van der Waals surface area contributed by atoms with E-state index in [4.69, 9.17) is 11.5 Å². The van der Waals surface area contributed by atoms with Gasteiger partial charge in [-0.3, -0.25) is 4.90 Å². The monoisotopic (exact) mass is 367 g/mol. The number of hydrogen-bond acceptors (Lipinski definition) is 3. The van der Waals surface area contributed by atoms with Gasteiger partial charge in [0.1, 0.15) is 0 Å². The number of nitrogen functional groups attached to an aromatic ring is 2. The molecule has 4 aliphatic rings. The Morgan fingerprint density at radius 3 is 2.04 bits per heavy atom. The molecule has 4 fully saturated rings. The predicted molar refractivity (Wildman–Crippen MR) is 114 cm³/mol. The zero-order valence-electron chi connectivity index (χ0n) is 16.8. The van der Waals surface area contributed by atoms with E-state index in [2.05, 4.69) is 17.0 Å². The lowest BCUT2D eigenvalue weighted by Crippen LogP contribution is -2.57. The molecule has 2 saturated heterocycles. The van der Waals surface area contributed by atoms with E-state index in [1.165, 1.54) is 82.6 Å². The van der Waals surface area contributed by atoms with Crippen LogP contribution < -0.4 is 11.5 Å². The van der Waals surface area contributed by atoms with Gasteiger partial charge in [0.05, 0.1) is 11.4 Å². The van der Waals surface area contributed by atoms with Crippen LogP contribution in [0.1, 0.15) is 88.5 Å². The summed E-state index contributed by atoms with van der Waals surface area (Å²) in [4.78, 5) is 3.03. The molecule has 148 valence electrons. The van der Waals surface area contributed by atoms with E-state index in [9.17, 15) is 0 Å². The number of para-hydroxylation sites is 1. The van der Waals surface area contributed by atoms with Gasteiger partial charge in [-0.2, -0.15) is 0 Å². The van der Waals surface area contributed by atoms with E-state index in [0.717, 1.165) is 41.3 Å². The summed E-state index contributed by atoms with van der Waals surface area (Å²) in [6.07, 6.45) is 17.2. The average molecular weight is 368 g/mol. The van der Waals surface area contributed by atoms with Gasteiger partial charge < -0.3 is 11.5 Å². The number of anilines is 2. The zero-order valence-corrected chi connectivity index (χ0v) is 16.8. The number of nitrogens with zero attached hydrogens (tertiary/aromatic N) is 1. The van der Waals surface area contributed by atoms with Crippen molar-refractivity contribution in [2.75, 3.05) is 11.5 Å². The molecule has 1 aromatic rings. The number of benzene rings is 1. The average Bonchev–Trinajstić information content (AvgIpc) is 2.82. The van der Waals surface area contributed by atoms with Crippen molar-refractivity contribution in [3.63, 3.8) is 0 Å². The fourth-order valence-electron chi connectivity index (χ4n) is 7.34. The largest absolute Gasteiger partial charge is 0.397 e. The van der Waals surface area contributed by atoms with Crippen molar-refractivity contribution in [3.05, 3.63) is 23.8 Å². The molecule has 2 aliphatic heterocycles. The summed E-state index contributed by atoms with van der Waals surface area (Å²) in [6.45, 7) is 0. The highest BCUT2D eigenvalue weighted by atomic mass is 15.2. The second kappa shape index (κ2) is 7.31. The standard InChI is InChI=1S/C24H37N3/c25-23-10-4-9-22(24(23)26)18-14-19-7-3-8-20(15-18)27(19)21-12-16-5-1-2-6-17(11-16)13-21/h4,9-10,16-21H,1-3,5-8,11-15,25-26H2/t16-,17+,18-,19+,20-,21-. The Balaban J connectivity index is 1.36. The van der Waals surface area contributed by atoms with Crippen molar-refractivity contribution in [1.29, 1.82) is 0 Å². The third kappa shape index (κ3) is 3.37. The molecule has 3 nitrogen and oxygen atoms in total. The lowest BCUT2D eigenvalue weighted by molar-refractivity contribution is -0.0338. The van der Waals surface area contributed by atoms with Crippen LogP contribution in [0.5, 0.6) is 0 Å². The topological polar surface area (TPSA) is 55.3 Å². The second-order valence-electron chi connectivity index (χ2n) is 10.1. The highest BCUT2D eigenvalue weighted by Gasteiger charge is 2.44. The lowest BCUT2D eigenvalue weighted by Gasteiger charge is -2.54. The first kappa shape index (κ1) is 17.8. The molecule has 2 heterocycles. The first-order valence-electron chi connectivity index (χ1n) is 11.6. The number of hydrogen-bond donors (Lipinski definition) is 2. The van der Waals surface area contributed by atoms with Crippen LogP contribution in [0.2, 0.25) is 0 Å². The molecule has 5 rings (SSSR count). The van der Waals surface area contributed by atoms with Crippen molar-refractivity contribution in [3.8, 4) is 0 Å². The second-order valence-corrected chi connectivity index (χ2v) is 10.1. The molecule has 4 N–H and O–H groups in total. The van der Waals surface area contributed by atoms with Gasteiger partial charge in [-0.15, -0.1) is 0 Å². The van der Waals surface area contributed by atoms with Crippen LogP contribution in [0.25, 0.3) is 0 Å². The minimum Gasteiger partial charge on any atom is -0.397 e. The summed E-state index contributed by atoms with van der Waals surface area (Å²) in [7, 11) is 0. The minimum absolute atomic E-state index is 0.603. The zero-order chi connectivity index (χ0) is 18.4. The van der Waals surface area contributed by atoms with Gasteiger partial charge >= 0.3 is 0 Å². The Hall–Kier alpha value is -1.22. The van der Waals surface area contributed by atoms with Crippen LogP contribution >= 0.6 is 0 Å². The van der Waals surface area contributed by atoms with Crippen molar-refractivity contribution < 1.29 is 0 Å². The maximum Gasteiger partial charge on any atom is 0.0583 e. The maximum absolute atomic E-state index is 6.38. The van der Waals surface area contributed by atoms with Gasteiger partial charge in [-0.05, 0) is 74.3 Å². The Morgan fingerprint density at radius 1 is 0.704 bits per heavy atom. The molecule has 2 aliphatic carbocycles. The number of fused-ring (bicyclic) bond motifs is 4. The van der Waals surface area contributed by atoms with E-state index in [1.807, 2.05) is 6.07 Å². The summed E-state index contributed by atoms with van der Waals surface area (Å²) in [5.41, 5.74) is 15.4. The van der Waals surface area contributed by atoms with Gasteiger partial charge in [-0.1, -0.05) is 44.2 Å². The SMILES string of the molecule is Nc1cccc([C@H]2C[C@H]3CCC[C@@H](C2)N3[C@@H]2C[C@@H]3CCCC[C@@H](C3)C2)c1N. The Morgan fingerprint density at radius 2 is 1.37 bits per heavy atom. The van der Waals surface area contributed by atoms with Crippen LogP contribution in [0.4, 0.5) is 11.4 Å². The fourth-order valence-corrected chi connectivity index (χ4v) is 7.34. The van der Waals surface area contributed by atoms with Crippen molar-refractivity contribution in [2.24, 2.45) is 11.8 Å².